The first-order chi connectivity index (χ1) is 18.4. The molecule has 0 bridgehead atoms. The average molecular weight is 594 g/mol. The van der Waals surface area contributed by atoms with Crippen LogP contribution < -0.4 is 5.32 Å². The van der Waals surface area contributed by atoms with Crippen LogP contribution in [0.5, 0.6) is 0 Å². The minimum absolute atomic E-state index is 0.147. The summed E-state index contributed by atoms with van der Waals surface area (Å²) in [5.41, 5.74) is 1.04. The summed E-state index contributed by atoms with van der Waals surface area (Å²) in [6, 6.07) is -0.708. The molecule has 8 nitrogen and oxygen atoms in total. The number of carbonyl (C=O) groups is 1. The second-order valence-corrected chi connectivity index (χ2v) is 18.8. The fourth-order valence-corrected chi connectivity index (χ4v) is 12.9. The highest BCUT2D eigenvalue weighted by atomic mass is 32.3. The molecule has 1 aliphatic heterocycles. The van der Waals surface area contributed by atoms with Crippen LogP contribution in [0.2, 0.25) is 16.6 Å². The van der Waals surface area contributed by atoms with E-state index in [1.807, 2.05) is 0 Å². The molecule has 0 saturated carbocycles. The van der Waals surface area contributed by atoms with Gasteiger partial charge in [-0.1, -0.05) is 126 Å². The van der Waals surface area contributed by atoms with Crippen LogP contribution >= 0.6 is 0 Å². The van der Waals surface area contributed by atoms with Gasteiger partial charge in [-0.05, 0) is 23.0 Å². The van der Waals surface area contributed by atoms with Gasteiger partial charge in [0, 0.05) is 0 Å². The Kier molecular flexibility index (Phi) is 17.4. The first-order valence-electron chi connectivity index (χ1n) is 15.5. The van der Waals surface area contributed by atoms with Crippen molar-refractivity contribution in [1.82, 2.24) is 5.32 Å². The maximum Gasteiger partial charge on any atom is 0.407 e. The van der Waals surface area contributed by atoms with Gasteiger partial charge in [0.05, 0.1) is 19.8 Å². The van der Waals surface area contributed by atoms with Gasteiger partial charge in [0.1, 0.15) is 12.2 Å². The summed E-state index contributed by atoms with van der Waals surface area (Å²) in [4.78, 5) is 12.2. The van der Waals surface area contributed by atoms with Crippen LogP contribution in [0.4, 0.5) is 4.79 Å². The topological polar surface area (TPSA) is 100 Å². The van der Waals surface area contributed by atoms with Gasteiger partial charge >= 0.3 is 16.5 Å². The highest BCUT2D eigenvalue weighted by Crippen LogP contribution is 2.42. The van der Waals surface area contributed by atoms with Gasteiger partial charge in [-0.2, -0.15) is 8.42 Å². The lowest BCUT2D eigenvalue weighted by Gasteiger charge is -2.43. The van der Waals surface area contributed by atoms with E-state index in [1.165, 1.54) is 64.9 Å². The Morgan fingerprint density at radius 2 is 1.26 bits per heavy atom. The van der Waals surface area contributed by atoms with Crippen LogP contribution in [0.1, 0.15) is 132 Å². The first kappa shape index (κ1) is 36.3. The summed E-state index contributed by atoms with van der Waals surface area (Å²) < 4.78 is 46.9. The number of unbranched alkanes of at least 4 members (excludes halogenated alkanes) is 11. The Balaban J connectivity index is 2.71. The van der Waals surface area contributed by atoms with Crippen molar-refractivity contribution in [2.45, 2.75) is 167 Å². The number of rotatable bonds is 21. The predicted octanol–water partition coefficient (Wildman–Crippen LogP) is 8.02. The largest absolute Gasteiger partial charge is 0.453 e. The summed E-state index contributed by atoms with van der Waals surface area (Å²) in [5.74, 6) is 0. The quantitative estimate of drug-likeness (QED) is 0.106. The second kappa shape index (κ2) is 18.7. The van der Waals surface area contributed by atoms with Crippen molar-refractivity contribution in [1.29, 1.82) is 0 Å². The molecule has 0 spiro atoms. The van der Waals surface area contributed by atoms with Crippen LogP contribution in [-0.4, -0.2) is 54.8 Å². The fraction of sp³-hybridized carbons (Fsp3) is 0.966. The molecule has 0 aromatic rings. The van der Waals surface area contributed by atoms with Crippen LogP contribution in [-0.2, 0) is 27.9 Å². The van der Waals surface area contributed by atoms with Crippen LogP contribution in [0.3, 0.4) is 0 Å². The molecule has 0 unspecified atom stereocenters. The Morgan fingerprint density at radius 3 is 1.69 bits per heavy atom. The molecule has 1 N–H and O–H groups in total. The molecule has 10 heteroatoms. The van der Waals surface area contributed by atoms with Gasteiger partial charge < -0.3 is 14.5 Å². The van der Waals surface area contributed by atoms with E-state index in [0.29, 0.717) is 23.0 Å². The monoisotopic (exact) mass is 593 g/mol. The molecule has 1 rings (SSSR count). The summed E-state index contributed by atoms with van der Waals surface area (Å²) in [5, 5.41) is 2.78. The van der Waals surface area contributed by atoms with Crippen molar-refractivity contribution >= 4 is 24.8 Å². The lowest BCUT2D eigenvalue weighted by molar-refractivity contribution is 0.0754. The number of hydrogen-bond acceptors (Lipinski definition) is 7. The third-order valence-electron chi connectivity index (χ3n) is 8.28. The smallest absolute Gasteiger partial charge is 0.407 e. The van der Waals surface area contributed by atoms with Crippen LogP contribution in [0, 0.1) is 0 Å². The van der Waals surface area contributed by atoms with E-state index in [1.54, 1.807) is 0 Å². The number of ether oxygens (including phenoxy) is 1. The molecule has 1 aliphatic rings. The Labute approximate surface area is 241 Å². The second-order valence-electron chi connectivity index (χ2n) is 12.2. The number of amides is 1. The Bertz CT molecular complexity index is 754. The van der Waals surface area contributed by atoms with Crippen LogP contribution in [0.15, 0.2) is 0 Å². The van der Waals surface area contributed by atoms with E-state index in [4.69, 9.17) is 17.5 Å². The van der Waals surface area contributed by atoms with Crippen molar-refractivity contribution in [2.75, 3.05) is 13.7 Å². The number of nitrogens with one attached hydrogen (secondary N) is 1. The number of methoxy groups -OCH3 is 1. The third-order valence-corrected chi connectivity index (χ3v) is 15.3. The lowest BCUT2D eigenvalue weighted by atomic mass is 9.99. The number of carbonyl (C=O) groups excluding carboxylic acids is 1. The molecule has 0 aromatic carbocycles. The average Bonchev–Trinajstić information content (AvgIpc) is 3.17. The zero-order chi connectivity index (χ0) is 29.5. The Hall–Kier alpha value is -0.683. The molecular formula is C29H59NO7SSi. The normalized spacial score (nSPS) is 20.2. The van der Waals surface area contributed by atoms with E-state index in [2.05, 4.69) is 53.8 Å². The molecule has 1 fully saturated rings. The highest BCUT2D eigenvalue weighted by molar-refractivity contribution is 7.82. The van der Waals surface area contributed by atoms with Crippen molar-refractivity contribution in [3.63, 3.8) is 0 Å². The highest BCUT2D eigenvalue weighted by Gasteiger charge is 2.49. The van der Waals surface area contributed by atoms with Gasteiger partial charge in [-0.15, -0.1) is 0 Å². The minimum atomic E-state index is -4.14. The summed E-state index contributed by atoms with van der Waals surface area (Å²) in [6.45, 7) is 15.5. The third kappa shape index (κ3) is 12.4. The molecule has 1 heterocycles. The molecule has 0 aromatic heterocycles. The zero-order valence-corrected chi connectivity index (χ0v) is 27.9. The number of hydrogen-bond donors (Lipinski definition) is 1. The van der Waals surface area contributed by atoms with Gasteiger partial charge in [0.15, 0.2) is 8.32 Å². The molecule has 39 heavy (non-hydrogen) atoms. The SMILES string of the molecule is CCCCCCCCCCCCCC[C@H]1OS(=O)(=O)O[C@H]1[C@H](CO[Si](C(C)C)(C(C)C)C(C)C)NC(=O)OC. The van der Waals surface area contributed by atoms with Gasteiger partial charge in [0.2, 0.25) is 0 Å². The van der Waals surface area contributed by atoms with Gasteiger partial charge in [-0.25, -0.2) is 13.2 Å². The summed E-state index contributed by atoms with van der Waals surface area (Å²) in [7, 11) is -5.11. The predicted molar refractivity (Wildman–Crippen MR) is 161 cm³/mol. The number of alkyl carbamates (subject to hydrolysis) is 1. The van der Waals surface area contributed by atoms with E-state index in [9.17, 15) is 13.2 Å². The summed E-state index contributed by atoms with van der Waals surface area (Å²) in [6.07, 6.45) is 13.1. The van der Waals surface area contributed by atoms with Crippen molar-refractivity contribution in [2.24, 2.45) is 0 Å². The lowest BCUT2D eigenvalue weighted by Crippen LogP contribution is -2.55. The van der Waals surface area contributed by atoms with E-state index < -0.39 is 43.1 Å². The standard InChI is InChI=1S/C29H59NO7SSi/c1-9-10-11-12-13-14-15-16-17-18-19-20-21-27-28(37-38(32,33)36-27)26(30-29(31)34-8)22-35-39(23(2)3,24(4)5)25(6)7/h23-28H,9-22H2,1-8H3,(H,30,31)/t26-,27+,28-/m0/s1. The molecular weight excluding hydrogens is 534 g/mol. The summed E-state index contributed by atoms with van der Waals surface area (Å²) >= 11 is 0. The first-order valence-corrected chi connectivity index (χ1v) is 19.0. The maximum atomic E-state index is 12.3. The molecule has 0 aliphatic carbocycles. The van der Waals surface area contributed by atoms with Crippen molar-refractivity contribution < 1.29 is 30.7 Å². The van der Waals surface area contributed by atoms with Crippen molar-refractivity contribution in [3.8, 4) is 0 Å². The minimum Gasteiger partial charge on any atom is -0.453 e. The van der Waals surface area contributed by atoms with E-state index >= 15 is 0 Å². The Morgan fingerprint density at radius 1 is 0.795 bits per heavy atom. The zero-order valence-electron chi connectivity index (χ0n) is 26.1. The molecule has 1 saturated heterocycles. The van der Waals surface area contributed by atoms with Crippen molar-refractivity contribution in [3.05, 3.63) is 0 Å². The molecule has 232 valence electrons. The van der Waals surface area contributed by atoms with Crippen LogP contribution in [0.25, 0.3) is 0 Å². The van der Waals surface area contributed by atoms with E-state index in [0.717, 1.165) is 19.3 Å². The fourth-order valence-electron chi connectivity index (χ4n) is 6.31. The molecule has 0 radical (unpaired) electrons. The molecule has 3 atom stereocenters. The van der Waals surface area contributed by atoms with Gasteiger partial charge in [0.25, 0.3) is 0 Å². The maximum absolute atomic E-state index is 12.3. The van der Waals surface area contributed by atoms with E-state index in [-0.39, 0.29) is 6.61 Å². The van der Waals surface area contributed by atoms with Gasteiger partial charge in [-0.3, -0.25) is 0 Å². The molecule has 1 amide bonds.